The van der Waals surface area contributed by atoms with E-state index in [4.69, 9.17) is 1.43 Å². The van der Waals surface area contributed by atoms with Gasteiger partial charge < -0.3 is 0 Å². The monoisotopic (exact) mass is 80.0 g/mol. The van der Waals surface area contributed by atoms with Gasteiger partial charge in [0.05, 0.1) is 0 Å². The maximum atomic E-state index is 9.55. The van der Waals surface area contributed by atoms with Gasteiger partial charge in [-0.15, -0.1) is 0 Å². The van der Waals surface area contributed by atoms with E-state index in [0.717, 1.165) is 0 Å². The summed E-state index contributed by atoms with van der Waals surface area (Å²) in [7, 11) is -1.68. The molecule has 0 saturated carbocycles. The molecule has 0 aliphatic heterocycles. The Hall–Kier alpha value is 0.0600. The van der Waals surface area contributed by atoms with Crippen LogP contribution in [-0.2, 0) is 4.57 Å². The smallest absolute Gasteiger partial charge is 0.161 e. The second-order valence-corrected chi connectivity index (χ2v) is 1.32. The normalized spacial score (nSPS) is 14.2. The van der Waals surface area contributed by atoms with Crippen LogP contribution in [0.15, 0.2) is 0 Å². The summed E-state index contributed by atoms with van der Waals surface area (Å²) in [5.74, 6) is 0. The lowest BCUT2D eigenvalue weighted by Gasteiger charge is -1.36. The molecular formula is CH4O2P+. The summed E-state index contributed by atoms with van der Waals surface area (Å²) in [6.45, 7) is 1.32. The summed E-state index contributed by atoms with van der Waals surface area (Å²) in [5, 5.41) is 0. The highest BCUT2D eigenvalue weighted by Crippen LogP contribution is 1.99. The zero-order valence-corrected chi connectivity index (χ0v) is 3.16. The molecule has 0 saturated heterocycles. The Morgan fingerprint density at radius 3 is 2.75 bits per heavy atom. The summed E-state index contributed by atoms with van der Waals surface area (Å²) in [6, 6.07) is 0. The molecule has 24 valence electrons. The molecule has 0 spiro atoms. The zero-order valence-electron chi connectivity index (χ0n) is 3.26. The first-order valence-corrected chi connectivity index (χ1v) is 2.44. The third-order valence-electron chi connectivity index (χ3n) is 0. The van der Waals surface area contributed by atoms with Crippen LogP contribution >= 0.6 is 8.03 Å². The first-order chi connectivity index (χ1) is 2.27. The van der Waals surface area contributed by atoms with E-state index in [1.165, 1.54) is 6.66 Å². The summed E-state index contributed by atoms with van der Waals surface area (Å²) >= 11 is 0. The van der Waals surface area contributed by atoms with E-state index in [2.05, 4.69) is 4.90 Å². The highest BCUT2D eigenvalue weighted by molar-refractivity contribution is 7.36. The molecule has 2 nitrogen and oxygen atoms in total. The average Bonchev–Trinajstić information content (AvgIpc) is 1.38. The van der Waals surface area contributed by atoms with Crippen molar-refractivity contribution in [2.24, 2.45) is 0 Å². The van der Waals surface area contributed by atoms with Crippen LogP contribution in [0.4, 0.5) is 0 Å². The Morgan fingerprint density at radius 2 is 2.75 bits per heavy atom. The minimum atomic E-state index is -1.68. The predicted octanol–water partition coefficient (Wildman–Crippen LogP) is 0.351. The lowest BCUT2D eigenvalue weighted by molar-refractivity contribution is 0.509. The van der Waals surface area contributed by atoms with Crippen molar-refractivity contribution < 1.29 is 9.46 Å². The molecule has 3 heteroatoms. The molecular weight excluding hydrogens is 75.0 g/mol. The number of rotatable bonds is 1. The van der Waals surface area contributed by atoms with Gasteiger partial charge in [0.2, 0.25) is 0 Å². The second-order valence-electron chi connectivity index (χ2n) is 0.440. The van der Waals surface area contributed by atoms with E-state index < -0.39 is 8.03 Å². The SMILES string of the molecule is [2H]O[P+](C)=O. The average molecular weight is 80.0 g/mol. The van der Waals surface area contributed by atoms with E-state index in [9.17, 15) is 4.57 Å². The van der Waals surface area contributed by atoms with Crippen molar-refractivity contribution in [3.63, 3.8) is 0 Å². The zero-order chi connectivity index (χ0) is 4.28. The van der Waals surface area contributed by atoms with Gasteiger partial charge in [0.15, 0.2) is 6.66 Å². The Morgan fingerprint density at radius 1 is 2.50 bits per heavy atom. The van der Waals surface area contributed by atoms with Crippen molar-refractivity contribution >= 4 is 8.03 Å². The van der Waals surface area contributed by atoms with Crippen LogP contribution in [0.1, 0.15) is 0 Å². The molecule has 0 aromatic rings. The molecule has 0 fully saturated rings. The highest BCUT2D eigenvalue weighted by atomic mass is 31.1. The maximum absolute atomic E-state index is 9.55. The Bertz CT molecular complexity index is 44.9. The van der Waals surface area contributed by atoms with Gasteiger partial charge in [-0.3, -0.25) is 0 Å². The summed E-state index contributed by atoms with van der Waals surface area (Å²) in [4.78, 5) is 3.51. The van der Waals surface area contributed by atoms with Gasteiger partial charge in [0.25, 0.3) is 1.43 Å². The molecule has 0 heterocycles. The topological polar surface area (TPSA) is 37.3 Å². The van der Waals surface area contributed by atoms with Gasteiger partial charge in [0, 0.05) is 0 Å². The minimum Gasteiger partial charge on any atom is -0.161 e. The van der Waals surface area contributed by atoms with Gasteiger partial charge in [-0.25, -0.2) is 0 Å². The highest BCUT2D eigenvalue weighted by Gasteiger charge is 1.86. The van der Waals surface area contributed by atoms with Gasteiger partial charge in [-0.1, -0.05) is 0 Å². The molecule has 0 amide bonds. The van der Waals surface area contributed by atoms with Crippen LogP contribution in [-0.4, -0.2) is 13.0 Å². The lowest BCUT2D eigenvalue weighted by Crippen LogP contribution is -1.35. The van der Waals surface area contributed by atoms with Crippen molar-refractivity contribution in [1.82, 2.24) is 0 Å². The standard InChI is InChI=1S/CH3O2P/c1-4(2)3/h1H3/p+1/i/hD. The lowest BCUT2D eigenvalue weighted by atomic mass is 12.0. The fourth-order valence-corrected chi connectivity index (χ4v) is 0. The molecule has 1 N–H and O–H groups in total. The van der Waals surface area contributed by atoms with Crippen molar-refractivity contribution in [3.05, 3.63) is 0 Å². The van der Waals surface area contributed by atoms with Gasteiger partial charge >= 0.3 is 8.03 Å². The van der Waals surface area contributed by atoms with Crippen LogP contribution in [0.2, 0.25) is 0 Å². The number of hydrogen-bond donors (Lipinski definition) is 1. The maximum Gasteiger partial charge on any atom is 0.502 e. The third kappa shape index (κ3) is 643. The van der Waals surface area contributed by atoms with Gasteiger partial charge in [-0.05, 0) is 4.57 Å². The molecule has 0 aromatic carbocycles. The van der Waals surface area contributed by atoms with Crippen LogP contribution in [0.5, 0.6) is 0 Å². The summed E-state index contributed by atoms with van der Waals surface area (Å²) in [6.07, 6.45) is 0. The molecule has 1 atom stereocenters. The minimum absolute atomic E-state index is 1.32. The van der Waals surface area contributed by atoms with Gasteiger partial charge in [0.1, 0.15) is 0 Å². The summed E-state index contributed by atoms with van der Waals surface area (Å²) < 4.78 is 15.4. The summed E-state index contributed by atoms with van der Waals surface area (Å²) in [5.41, 5.74) is 0. The molecule has 0 aromatic heterocycles. The first-order valence-electron chi connectivity index (χ1n) is 1.22. The molecule has 0 radical (unpaired) electrons. The van der Waals surface area contributed by atoms with Crippen LogP contribution < -0.4 is 0 Å². The van der Waals surface area contributed by atoms with E-state index >= 15 is 0 Å². The molecule has 0 aliphatic carbocycles. The van der Waals surface area contributed by atoms with E-state index in [1.807, 2.05) is 0 Å². The molecule has 0 rings (SSSR count). The third-order valence-corrected chi connectivity index (χ3v) is 0. The quantitative estimate of drug-likeness (QED) is 0.461. The van der Waals surface area contributed by atoms with Crippen molar-refractivity contribution in [1.29, 1.82) is 1.43 Å². The van der Waals surface area contributed by atoms with Crippen molar-refractivity contribution in [2.45, 2.75) is 0 Å². The Kier molecular flexibility index (Phi) is 0.800. The second kappa shape index (κ2) is 1.39. The van der Waals surface area contributed by atoms with Crippen molar-refractivity contribution in [2.75, 3.05) is 6.66 Å². The van der Waals surface area contributed by atoms with E-state index in [-0.39, 0.29) is 0 Å². The molecule has 1 unspecified atom stereocenters. The largest absolute Gasteiger partial charge is 0.502 e. The van der Waals surface area contributed by atoms with Crippen LogP contribution in [0.3, 0.4) is 0 Å². The van der Waals surface area contributed by atoms with Crippen LogP contribution in [0.25, 0.3) is 0 Å². The fraction of sp³-hybridized carbons (Fsp3) is 1.00. The number of hydrogen-bond acceptors (Lipinski definition) is 2. The fourth-order valence-electron chi connectivity index (χ4n) is 0. The first kappa shape index (κ1) is 2.31. The van der Waals surface area contributed by atoms with Gasteiger partial charge in [-0.2, -0.15) is 4.90 Å². The molecule has 0 aliphatic rings. The Balaban J connectivity index is 2.85. The Labute approximate surface area is 26.8 Å². The van der Waals surface area contributed by atoms with Crippen molar-refractivity contribution in [3.8, 4) is 0 Å². The van der Waals surface area contributed by atoms with E-state index in [0.29, 0.717) is 0 Å². The van der Waals surface area contributed by atoms with E-state index in [1.54, 1.807) is 0 Å². The predicted molar refractivity (Wildman–Crippen MR) is 15.7 cm³/mol. The molecule has 4 heavy (non-hydrogen) atoms. The van der Waals surface area contributed by atoms with Crippen LogP contribution in [0, 0.1) is 0 Å². The molecule has 0 bridgehead atoms.